The van der Waals surface area contributed by atoms with Crippen LogP contribution < -0.4 is 5.32 Å². The molecule has 1 aromatic heterocycles. The van der Waals surface area contributed by atoms with E-state index in [2.05, 4.69) is 12.2 Å². The maximum atomic E-state index is 13.5. The van der Waals surface area contributed by atoms with Gasteiger partial charge in [-0.25, -0.2) is 9.59 Å². The maximum absolute atomic E-state index is 13.5. The third kappa shape index (κ3) is 5.93. The van der Waals surface area contributed by atoms with Crippen molar-refractivity contribution in [2.75, 3.05) is 19.0 Å². The zero-order chi connectivity index (χ0) is 31.9. The van der Waals surface area contributed by atoms with Gasteiger partial charge in [-0.3, -0.25) is 19.3 Å². The van der Waals surface area contributed by atoms with Crippen molar-refractivity contribution >= 4 is 92.4 Å². The van der Waals surface area contributed by atoms with Crippen LogP contribution in [0.1, 0.15) is 60.4 Å². The molecular formula is C30H24Cl4N2O7S. The van der Waals surface area contributed by atoms with E-state index in [0.717, 1.165) is 23.3 Å². The van der Waals surface area contributed by atoms with Crippen molar-refractivity contribution in [2.24, 2.45) is 5.92 Å². The number of methoxy groups -OCH3 is 1. The molecule has 0 saturated carbocycles. The lowest BCUT2D eigenvalue weighted by Crippen LogP contribution is -2.47. The molecule has 0 radical (unpaired) electrons. The van der Waals surface area contributed by atoms with Gasteiger partial charge in [0.1, 0.15) is 11.0 Å². The van der Waals surface area contributed by atoms with Crippen LogP contribution in [0.2, 0.25) is 20.1 Å². The summed E-state index contributed by atoms with van der Waals surface area (Å²) in [6.45, 7) is 1.36. The van der Waals surface area contributed by atoms with Crippen LogP contribution in [-0.4, -0.2) is 54.3 Å². The highest BCUT2D eigenvalue weighted by Gasteiger charge is 2.47. The highest BCUT2D eigenvalue weighted by molar-refractivity contribution is 7.17. The van der Waals surface area contributed by atoms with Crippen LogP contribution >= 0.6 is 57.7 Å². The van der Waals surface area contributed by atoms with Gasteiger partial charge in [-0.2, -0.15) is 0 Å². The van der Waals surface area contributed by atoms with Crippen molar-refractivity contribution < 1.29 is 33.4 Å². The lowest BCUT2D eigenvalue weighted by Gasteiger charge is -2.24. The molecule has 2 aliphatic rings. The second kappa shape index (κ2) is 13.1. The number of rotatable bonds is 8. The number of hydrogen-bond acceptors (Lipinski definition) is 8. The van der Waals surface area contributed by atoms with Crippen LogP contribution in [0.15, 0.2) is 30.3 Å². The highest BCUT2D eigenvalue weighted by Crippen LogP contribution is 2.45. The van der Waals surface area contributed by atoms with Crippen LogP contribution in [0.25, 0.3) is 0 Å². The summed E-state index contributed by atoms with van der Waals surface area (Å²) in [6, 6.07) is 7.11. The number of ether oxygens (including phenoxy) is 2. The molecule has 1 aliphatic carbocycles. The van der Waals surface area contributed by atoms with E-state index < -0.39 is 42.3 Å². The molecule has 2 unspecified atom stereocenters. The molecule has 1 N–H and O–H groups in total. The Bertz CT molecular complexity index is 1660. The molecule has 230 valence electrons. The van der Waals surface area contributed by atoms with E-state index in [4.69, 9.17) is 55.9 Å². The summed E-state index contributed by atoms with van der Waals surface area (Å²) in [5.41, 5.74) is 1.17. The van der Waals surface area contributed by atoms with E-state index in [0.29, 0.717) is 27.8 Å². The molecule has 0 bridgehead atoms. The Morgan fingerprint density at radius 3 is 2.20 bits per heavy atom. The summed E-state index contributed by atoms with van der Waals surface area (Å²) < 4.78 is 10.3. The van der Waals surface area contributed by atoms with Gasteiger partial charge >= 0.3 is 11.9 Å². The maximum Gasteiger partial charge on any atom is 0.341 e. The Morgan fingerprint density at radius 1 is 1.00 bits per heavy atom. The zero-order valence-electron chi connectivity index (χ0n) is 23.3. The first-order valence-corrected chi connectivity index (χ1v) is 15.7. The number of nitrogens with zero attached hydrogens (tertiary/aromatic N) is 1. The first kappa shape index (κ1) is 32.2. The number of carbonyl (C=O) groups excluding carboxylic acids is 5. The summed E-state index contributed by atoms with van der Waals surface area (Å²) >= 11 is 26.1. The number of benzene rings is 2. The van der Waals surface area contributed by atoms with Crippen molar-refractivity contribution in [2.45, 2.75) is 38.6 Å². The molecule has 1 aliphatic heterocycles. The first-order chi connectivity index (χ1) is 20.9. The highest BCUT2D eigenvalue weighted by atomic mass is 35.5. The third-order valence-corrected chi connectivity index (χ3v) is 10.5. The van der Waals surface area contributed by atoms with E-state index in [9.17, 15) is 24.0 Å². The predicted octanol–water partition coefficient (Wildman–Crippen LogP) is 6.66. The third-order valence-electron chi connectivity index (χ3n) is 7.49. The van der Waals surface area contributed by atoms with Crippen LogP contribution in [0, 0.1) is 5.92 Å². The lowest BCUT2D eigenvalue weighted by molar-refractivity contribution is -0.151. The Labute approximate surface area is 276 Å². The molecule has 9 nitrogen and oxygen atoms in total. The number of thiophene rings is 1. The largest absolute Gasteiger partial charge is 0.465 e. The van der Waals surface area contributed by atoms with Gasteiger partial charge in [0, 0.05) is 11.3 Å². The van der Waals surface area contributed by atoms with Crippen LogP contribution in [-0.2, 0) is 38.3 Å². The van der Waals surface area contributed by atoms with Crippen molar-refractivity contribution in [3.8, 4) is 0 Å². The van der Waals surface area contributed by atoms with Crippen molar-refractivity contribution in [3.05, 3.63) is 83.1 Å². The van der Waals surface area contributed by atoms with Crippen molar-refractivity contribution in [1.29, 1.82) is 0 Å². The average molecular weight is 698 g/mol. The van der Waals surface area contributed by atoms with E-state index in [1.807, 2.05) is 0 Å². The minimum absolute atomic E-state index is 0.133. The molecule has 2 aromatic carbocycles. The predicted molar refractivity (Wildman–Crippen MR) is 167 cm³/mol. The minimum atomic E-state index is -1.50. The molecule has 0 spiro atoms. The van der Waals surface area contributed by atoms with Gasteiger partial charge in [0.05, 0.1) is 43.9 Å². The van der Waals surface area contributed by atoms with Gasteiger partial charge in [0.25, 0.3) is 17.7 Å². The second-order valence-electron chi connectivity index (χ2n) is 10.4. The lowest BCUT2D eigenvalue weighted by atomic mass is 9.88. The molecular weight excluding hydrogens is 674 g/mol. The monoisotopic (exact) mass is 696 g/mol. The molecule has 0 saturated heterocycles. The Kier molecular flexibility index (Phi) is 9.58. The Balaban J connectivity index is 1.39. The van der Waals surface area contributed by atoms with Gasteiger partial charge in [0.15, 0.2) is 6.61 Å². The number of nitrogens with one attached hydrogen (secondary N) is 1. The van der Waals surface area contributed by atoms with Gasteiger partial charge in [-0.05, 0) is 36.3 Å². The van der Waals surface area contributed by atoms with Gasteiger partial charge in [-0.15, -0.1) is 11.3 Å². The Hall–Kier alpha value is -3.15. The van der Waals surface area contributed by atoms with Crippen LogP contribution in [0.4, 0.5) is 5.00 Å². The average Bonchev–Trinajstić information content (AvgIpc) is 3.49. The van der Waals surface area contributed by atoms with Crippen LogP contribution in [0.5, 0.6) is 0 Å². The quantitative estimate of drug-likeness (QED) is 0.121. The summed E-state index contributed by atoms with van der Waals surface area (Å²) in [5.74, 6) is -3.74. The number of carbonyl (C=O) groups is 5. The van der Waals surface area contributed by atoms with Gasteiger partial charge in [0.2, 0.25) is 0 Å². The smallest absolute Gasteiger partial charge is 0.341 e. The van der Waals surface area contributed by atoms with Crippen LogP contribution in [0.3, 0.4) is 0 Å². The summed E-state index contributed by atoms with van der Waals surface area (Å²) in [4.78, 5) is 67.8. The molecule has 2 atom stereocenters. The molecule has 2 heterocycles. The topological polar surface area (TPSA) is 119 Å². The van der Waals surface area contributed by atoms with E-state index in [-0.39, 0.29) is 43.2 Å². The molecule has 44 heavy (non-hydrogen) atoms. The van der Waals surface area contributed by atoms with E-state index >= 15 is 0 Å². The molecule has 3 aromatic rings. The minimum Gasteiger partial charge on any atom is -0.465 e. The fourth-order valence-corrected chi connectivity index (χ4v) is 7.75. The number of amides is 3. The van der Waals surface area contributed by atoms with Crippen molar-refractivity contribution in [1.82, 2.24) is 4.90 Å². The standard InChI is InChI=1S/C30H24Cl4N2O7S/c1-13-8-9-15-17(10-13)44-26(19(15)30(41)42-2)35-18(37)12-43-29(40)16(11-14-6-4-3-5-7-14)36-27(38)20-21(28(36)39)23(32)25(34)24(33)22(20)31/h3-7,13,16H,8-12H2,1-2H3,(H,35,37). The second-order valence-corrected chi connectivity index (χ2v) is 13.0. The first-order valence-electron chi connectivity index (χ1n) is 13.4. The fourth-order valence-electron chi connectivity index (χ4n) is 5.32. The fraction of sp³-hybridized carbons (Fsp3) is 0.300. The summed E-state index contributed by atoms with van der Waals surface area (Å²) in [7, 11) is 1.26. The normalized spacial score (nSPS) is 16.3. The number of hydrogen-bond donors (Lipinski definition) is 1. The number of esters is 2. The SMILES string of the molecule is COC(=O)c1c(NC(=O)COC(=O)C(Cc2ccccc2)N2C(=O)c3c(Cl)c(Cl)c(Cl)c(Cl)c3C2=O)sc2c1CCC(C)C2. The molecule has 14 heteroatoms. The summed E-state index contributed by atoms with van der Waals surface area (Å²) in [6.07, 6.45) is 2.20. The van der Waals surface area contributed by atoms with Crippen molar-refractivity contribution in [3.63, 3.8) is 0 Å². The molecule has 3 amide bonds. The Morgan fingerprint density at radius 2 is 1.61 bits per heavy atom. The van der Waals surface area contributed by atoms with E-state index in [1.165, 1.54) is 18.4 Å². The number of imide groups is 1. The number of halogens is 4. The van der Waals surface area contributed by atoms with Gasteiger partial charge in [-0.1, -0.05) is 83.7 Å². The zero-order valence-corrected chi connectivity index (χ0v) is 27.1. The molecule has 5 rings (SSSR count). The molecule has 0 fully saturated rings. The summed E-state index contributed by atoms with van der Waals surface area (Å²) in [5, 5.41) is 1.98. The number of fused-ring (bicyclic) bond motifs is 2. The van der Waals surface area contributed by atoms with E-state index in [1.54, 1.807) is 30.3 Å². The van der Waals surface area contributed by atoms with Gasteiger partial charge < -0.3 is 14.8 Å². The number of anilines is 1.